The highest BCUT2D eigenvalue weighted by molar-refractivity contribution is 5.77. The minimum atomic E-state index is -0.852. The predicted octanol–water partition coefficient (Wildman–Crippen LogP) is 2.35. The molecule has 1 aromatic rings. The molecule has 0 aliphatic rings. The molecule has 100 valence electrons. The van der Waals surface area contributed by atoms with Crippen LogP contribution in [-0.4, -0.2) is 28.8 Å². The lowest BCUT2D eigenvalue weighted by Gasteiger charge is -2.21. The molecule has 4 nitrogen and oxygen atoms in total. The fourth-order valence-corrected chi connectivity index (χ4v) is 1.96. The van der Waals surface area contributed by atoms with Crippen LogP contribution in [0.5, 0.6) is 0 Å². The van der Waals surface area contributed by atoms with Crippen molar-refractivity contribution in [3.05, 3.63) is 30.3 Å². The number of carboxylic acid groups (broad SMARTS) is 1. The lowest BCUT2D eigenvalue weighted by atomic mass is 9.94. The molecule has 0 aliphatic heterocycles. The second-order valence-corrected chi connectivity index (χ2v) is 4.42. The first-order valence-corrected chi connectivity index (χ1v) is 6.32. The van der Waals surface area contributed by atoms with E-state index in [9.17, 15) is 9.90 Å². The molecule has 4 heteroatoms. The number of benzene rings is 1. The van der Waals surface area contributed by atoms with E-state index in [0.717, 1.165) is 12.1 Å². The molecule has 3 N–H and O–H groups in total. The second kappa shape index (κ2) is 7.71. The van der Waals surface area contributed by atoms with Crippen LogP contribution in [0.2, 0.25) is 0 Å². The fourth-order valence-electron chi connectivity index (χ4n) is 1.96. The molecule has 2 atom stereocenters. The quantitative estimate of drug-likeness (QED) is 0.663. The van der Waals surface area contributed by atoms with Crippen molar-refractivity contribution in [2.45, 2.75) is 32.2 Å². The first-order chi connectivity index (χ1) is 8.67. The third kappa shape index (κ3) is 4.75. The maximum Gasteiger partial charge on any atom is 0.326 e. The fraction of sp³-hybridized carbons (Fsp3) is 0.500. The molecule has 0 amide bonds. The molecule has 1 rings (SSSR count). The number of aliphatic hydroxyl groups is 1. The molecule has 0 spiro atoms. The van der Waals surface area contributed by atoms with Crippen molar-refractivity contribution >= 4 is 11.7 Å². The lowest BCUT2D eigenvalue weighted by Crippen LogP contribution is -2.31. The van der Waals surface area contributed by atoms with Crippen LogP contribution in [0.1, 0.15) is 26.2 Å². The van der Waals surface area contributed by atoms with E-state index in [-0.39, 0.29) is 12.5 Å². The summed E-state index contributed by atoms with van der Waals surface area (Å²) in [5.41, 5.74) is 0.809. The Labute approximate surface area is 108 Å². The van der Waals surface area contributed by atoms with Crippen molar-refractivity contribution in [2.24, 2.45) is 5.92 Å². The molecule has 1 aromatic carbocycles. The number of aliphatic carboxylic acids is 1. The van der Waals surface area contributed by atoms with Crippen LogP contribution in [0.25, 0.3) is 0 Å². The van der Waals surface area contributed by atoms with Crippen LogP contribution >= 0.6 is 0 Å². The van der Waals surface area contributed by atoms with E-state index < -0.39 is 12.0 Å². The molecule has 0 aromatic heterocycles. The molecule has 0 saturated heterocycles. The van der Waals surface area contributed by atoms with Crippen molar-refractivity contribution in [1.29, 1.82) is 0 Å². The van der Waals surface area contributed by atoms with Gasteiger partial charge in [0, 0.05) is 12.3 Å². The molecule has 0 heterocycles. The predicted molar refractivity (Wildman–Crippen MR) is 71.6 cm³/mol. The normalized spacial score (nSPS) is 13.9. The standard InChI is InChI=1S/C14H21NO3/c1-2-11(8-9-16)10-13(14(17)18)15-12-6-4-3-5-7-12/h3-7,11,13,15-16H,2,8-10H2,1H3,(H,17,18)/t11?,13-/m1/s1. The lowest BCUT2D eigenvalue weighted by molar-refractivity contribution is -0.138. The van der Waals surface area contributed by atoms with Gasteiger partial charge < -0.3 is 15.5 Å². The number of hydrogen-bond donors (Lipinski definition) is 3. The first kappa shape index (κ1) is 14.5. The van der Waals surface area contributed by atoms with Gasteiger partial charge in [0.05, 0.1) is 0 Å². The molecule has 0 saturated carbocycles. The van der Waals surface area contributed by atoms with Crippen molar-refractivity contribution < 1.29 is 15.0 Å². The minimum absolute atomic E-state index is 0.107. The van der Waals surface area contributed by atoms with E-state index in [1.54, 1.807) is 0 Å². The summed E-state index contributed by atoms with van der Waals surface area (Å²) in [5.74, 6) is -0.623. The maximum atomic E-state index is 11.2. The molecule has 0 bridgehead atoms. The van der Waals surface area contributed by atoms with Gasteiger partial charge in [-0.2, -0.15) is 0 Å². The van der Waals surface area contributed by atoms with Gasteiger partial charge in [-0.15, -0.1) is 0 Å². The van der Waals surface area contributed by atoms with Gasteiger partial charge in [-0.05, 0) is 30.9 Å². The zero-order chi connectivity index (χ0) is 13.4. The second-order valence-electron chi connectivity index (χ2n) is 4.42. The highest BCUT2D eigenvalue weighted by Crippen LogP contribution is 2.18. The van der Waals surface area contributed by atoms with E-state index in [2.05, 4.69) is 5.32 Å². The van der Waals surface area contributed by atoms with E-state index in [1.807, 2.05) is 37.3 Å². The summed E-state index contributed by atoms with van der Waals surface area (Å²) in [4.78, 5) is 11.2. The van der Waals surface area contributed by atoms with Gasteiger partial charge in [0.2, 0.25) is 0 Å². The third-order valence-corrected chi connectivity index (χ3v) is 3.10. The van der Waals surface area contributed by atoms with Crippen LogP contribution in [-0.2, 0) is 4.79 Å². The van der Waals surface area contributed by atoms with E-state index in [1.165, 1.54) is 0 Å². The molecular weight excluding hydrogens is 230 g/mol. The number of carbonyl (C=O) groups is 1. The van der Waals surface area contributed by atoms with Gasteiger partial charge in [-0.1, -0.05) is 31.5 Å². The van der Waals surface area contributed by atoms with Gasteiger partial charge in [0.15, 0.2) is 0 Å². The van der Waals surface area contributed by atoms with Crippen molar-refractivity contribution in [3.8, 4) is 0 Å². The van der Waals surface area contributed by atoms with Crippen molar-refractivity contribution in [1.82, 2.24) is 0 Å². The van der Waals surface area contributed by atoms with Gasteiger partial charge in [-0.3, -0.25) is 0 Å². The number of rotatable bonds is 8. The Bertz CT molecular complexity index is 353. The van der Waals surface area contributed by atoms with Gasteiger partial charge >= 0.3 is 5.97 Å². The number of aliphatic hydroxyl groups excluding tert-OH is 1. The number of anilines is 1. The van der Waals surface area contributed by atoms with Crippen molar-refractivity contribution in [2.75, 3.05) is 11.9 Å². The molecule has 0 aliphatic carbocycles. The van der Waals surface area contributed by atoms with E-state index in [0.29, 0.717) is 12.8 Å². The average Bonchev–Trinajstić information content (AvgIpc) is 2.38. The van der Waals surface area contributed by atoms with Gasteiger partial charge in [0.25, 0.3) is 0 Å². The minimum Gasteiger partial charge on any atom is -0.480 e. The Morgan fingerprint density at radius 1 is 1.33 bits per heavy atom. The molecular formula is C14H21NO3. The Morgan fingerprint density at radius 3 is 2.50 bits per heavy atom. The maximum absolute atomic E-state index is 11.2. The molecule has 18 heavy (non-hydrogen) atoms. The number of para-hydroxylation sites is 1. The summed E-state index contributed by atoms with van der Waals surface area (Å²) in [6.45, 7) is 2.12. The summed E-state index contributed by atoms with van der Waals surface area (Å²) in [6.07, 6.45) is 2.05. The number of carboxylic acids is 1. The van der Waals surface area contributed by atoms with Crippen molar-refractivity contribution in [3.63, 3.8) is 0 Å². The monoisotopic (exact) mass is 251 g/mol. The summed E-state index contributed by atoms with van der Waals surface area (Å²) < 4.78 is 0. The Hall–Kier alpha value is -1.55. The summed E-state index contributed by atoms with van der Waals surface area (Å²) >= 11 is 0. The number of hydrogen-bond acceptors (Lipinski definition) is 3. The summed E-state index contributed by atoms with van der Waals surface area (Å²) in [5, 5.41) is 21.2. The average molecular weight is 251 g/mol. The Balaban J connectivity index is 2.62. The highest BCUT2D eigenvalue weighted by atomic mass is 16.4. The van der Waals surface area contributed by atoms with E-state index >= 15 is 0 Å². The smallest absolute Gasteiger partial charge is 0.326 e. The highest BCUT2D eigenvalue weighted by Gasteiger charge is 2.21. The zero-order valence-corrected chi connectivity index (χ0v) is 10.7. The first-order valence-electron chi connectivity index (χ1n) is 6.32. The van der Waals surface area contributed by atoms with Crippen LogP contribution < -0.4 is 5.32 Å². The van der Waals surface area contributed by atoms with Gasteiger partial charge in [0.1, 0.15) is 6.04 Å². The topological polar surface area (TPSA) is 69.6 Å². The molecule has 0 fully saturated rings. The SMILES string of the molecule is CCC(CCO)C[C@@H](Nc1ccccc1)C(=O)O. The summed E-state index contributed by atoms with van der Waals surface area (Å²) in [7, 11) is 0. The van der Waals surface area contributed by atoms with Crippen LogP contribution in [0.15, 0.2) is 30.3 Å². The van der Waals surface area contributed by atoms with Crippen LogP contribution in [0.3, 0.4) is 0 Å². The van der Waals surface area contributed by atoms with Crippen LogP contribution in [0, 0.1) is 5.92 Å². The van der Waals surface area contributed by atoms with E-state index in [4.69, 9.17) is 5.11 Å². The van der Waals surface area contributed by atoms with Gasteiger partial charge in [-0.25, -0.2) is 4.79 Å². The Morgan fingerprint density at radius 2 is 2.00 bits per heavy atom. The molecule has 1 unspecified atom stereocenters. The zero-order valence-electron chi connectivity index (χ0n) is 10.7. The third-order valence-electron chi connectivity index (χ3n) is 3.10. The van der Waals surface area contributed by atoms with Crippen LogP contribution in [0.4, 0.5) is 5.69 Å². The summed E-state index contributed by atoms with van der Waals surface area (Å²) in [6, 6.07) is 8.72. The Kier molecular flexibility index (Phi) is 6.22. The molecule has 0 radical (unpaired) electrons. The largest absolute Gasteiger partial charge is 0.480 e. The number of nitrogens with one attached hydrogen (secondary N) is 1.